The zero-order chi connectivity index (χ0) is 14.5. The van der Waals surface area contributed by atoms with Crippen molar-refractivity contribution in [3.05, 3.63) is 29.8 Å². The van der Waals surface area contributed by atoms with Crippen molar-refractivity contribution in [2.75, 3.05) is 11.9 Å². The summed E-state index contributed by atoms with van der Waals surface area (Å²) in [5.41, 5.74) is 1.41. The third kappa shape index (κ3) is 6.04. The topological polar surface area (TPSA) is 58.2 Å². The average molecular weight is 262 g/mol. The van der Waals surface area contributed by atoms with Crippen LogP contribution in [0.3, 0.4) is 0 Å². The summed E-state index contributed by atoms with van der Waals surface area (Å²) in [6, 6.07) is 7.25. The number of carbonyl (C=O) groups excluding carboxylic acids is 2. The van der Waals surface area contributed by atoms with Crippen LogP contribution in [0.1, 0.15) is 44.5 Å². The maximum absolute atomic E-state index is 11.6. The summed E-state index contributed by atoms with van der Waals surface area (Å²) < 4.78 is 0. The molecule has 4 nitrogen and oxygen atoms in total. The minimum atomic E-state index is -0.194. The highest BCUT2D eigenvalue weighted by molar-refractivity contribution is 5.94. The van der Waals surface area contributed by atoms with Crippen molar-refractivity contribution < 1.29 is 9.59 Å². The Hall–Kier alpha value is -1.84. The van der Waals surface area contributed by atoms with Crippen molar-refractivity contribution in [2.24, 2.45) is 0 Å². The van der Waals surface area contributed by atoms with Crippen molar-refractivity contribution in [1.29, 1.82) is 0 Å². The molecule has 0 saturated heterocycles. The Balaban J connectivity index is 2.37. The molecule has 0 radical (unpaired) electrons. The second-order valence-electron chi connectivity index (χ2n) is 5.61. The summed E-state index contributed by atoms with van der Waals surface area (Å²) >= 11 is 0. The summed E-state index contributed by atoms with van der Waals surface area (Å²) in [6.07, 6.45) is 0.422. The first-order valence-electron chi connectivity index (χ1n) is 6.44. The minimum absolute atomic E-state index is 0.0281. The van der Waals surface area contributed by atoms with Crippen LogP contribution in [0.2, 0.25) is 0 Å². The fraction of sp³-hybridized carbons (Fsp3) is 0.467. The van der Waals surface area contributed by atoms with Gasteiger partial charge in [0.05, 0.1) is 0 Å². The summed E-state index contributed by atoms with van der Waals surface area (Å²) in [7, 11) is 0. The van der Waals surface area contributed by atoms with Gasteiger partial charge in [-0.3, -0.25) is 9.59 Å². The third-order valence-electron chi connectivity index (χ3n) is 2.49. The van der Waals surface area contributed by atoms with Gasteiger partial charge in [-0.1, -0.05) is 0 Å². The van der Waals surface area contributed by atoms with E-state index in [1.54, 1.807) is 19.1 Å². The number of benzene rings is 1. The van der Waals surface area contributed by atoms with Gasteiger partial charge < -0.3 is 10.6 Å². The van der Waals surface area contributed by atoms with Gasteiger partial charge in [0.15, 0.2) is 5.78 Å². The molecule has 0 aliphatic heterocycles. The molecular formula is C15H22N2O2. The van der Waals surface area contributed by atoms with Crippen LogP contribution in [0.15, 0.2) is 24.3 Å². The molecule has 19 heavy (non-hydrogen) atoms. The van der Waals surface area contributed by atoms with E-state index in [9.17, 15) is 9.59 Å². The number of hydrogen-bond donors (Lipinski definition) is 2. The normalized spacial score (nSPS) is 10.9. The Kier molecular flexibility index (Phi) is 5.10. The number of Topliss-reactive ketones (excluding diaryl/α,β-unsaturated/α-hetero) is 1. The van der Waals surface area contributed by atoms with E-state index in [-0.39, 0.29) is 17.2 Å². The number of anilines is 1. The number of rotatable bonds is 5. The molecular weight excluding hydrogens is 240 g/mol. The molecule has 104 valence electrons. The fourth-order valence-corrected chi connectivity index (χ4v) is 1.62. The van der Waals surface area contributed by atoms with Crippen LogP contribution in [-0.2, 0) is 4.79 Å². The van der Waals surface area contributed by atoms with Gasteiger partial charge in [-0.05, 0) is 52.0 Å². The minimum Gasteiger partial charge on any atom is -0.385 e. The van der Waals surface area contributed by atoms with Crippen LogP contribution in [0.4, 0.5) is 5.69 Å². The third-order valence-corrected chi connectivity index (χ3v) is 2.49. The van der Waals surface area contributed by atoms with Gasteiger partial charge in [0.2, 0.25) is 5.91 Å². The molecule has 0 aromatic heterocycles. The lowest BCUT2D eigenvalue weighted by molar-refractivity contribution is -0.122. The molecule has 0 unspecified atom stereocenters. The largest absolute Gasteiger partial charge is 0.385 e. The Labute approximate surface area is 114 Å². The molecule has 1 rings (SSSR count). The second-order valence-corrected chi connectivity index (χ2v) is 5.61. The molecule has 0 heterocycles. The van der Waals surface area contributed by atoms with Crippen molar-refractivity contribution in [2.45, 2.75) is 39.7 Å². The molecule has 0 atom stereocenters. The zero-order valence-electron chi connectivity index (χ0n) is 12.0. The lowest BCUT2D eigenvalue weighted by atomic mass is 10.1. The molecule has 0 bridgehead atoms. The Bertz CT molecular complexity index is 444. The standard InChI is InChI=1S/C15H22N2O2/c1-11(18)12-5-7-13(8-6-12)16-10-9-14(19)17-15(2,3)4/h5-8,16H,9-10H2,1-4H3,(H,17,19). The van der Waals surface area contributed by atoms with Crippen LogP contribution in [0, 0.1) is 0 Å². The highest BCUT2D eigenvalue weighted by Crippen LogP contribution is 2.10. The molecule has 0 aliphatic rings. The lowest BCUT2D eigenvalue weighted by Crippen LogP contribution is -2.41. The van der Waals surface area contributed by atoms with Gasteiger partial charge in [-0.2, -0.15) is 0 Å². The average Bonchev–Trinajstić information content (AvgIpc) is 2.27. The van der Waals surface area contributed by atoms with Gasteiger partial charge in [0.25, 0.3) is 0 Å². The quantitative estimate of drug-likeness (QED) is 0.802. The molecule has 4 heteroatoms. The smallest absolute Gasteiger partial charge is 0.222 e. The molecule has 0 saturated carbocycles. The summed E-state index contributed by atoms with van der Waals surface area (Å²) in [5, 5.41) is 6.06. The predicted octanol–water partition coefficient (Wildman–Crippen LogP) is 2.61. The van der Waals surface area contributed by atoms with Crippen LogP contribution >= 0.6 is 0 Å². The Morgan fingerprint density at radius 1 is 1.11 bits per heavy atom. The van der Waals surface area contributed by atoms with E-state index in [0.717, 1.165) is 5.69 Å². The van der Waals surface area contributed by atoms with E-state index in [4.69, 9.17) is 0 Å². The van der Waals surface area contributed by atoms with Gasteiger partial charge in [-0.15, -0.1) is 0 Å². The molecule has 1 amide bonds. The van der Waals surface area contributed by atoms with Crippen molar-refractivity contribution in [3.63, 3.8) is 0 Å². The highest BCUT2D eigenvalue weighted by Gasteiger charge is 2.12. The number of amides is 1. The van der Waals surface area contributed by atoms with Crippen LogP contribution in [-0.4, -0.2) is 23.8 Å². The van der Waals surface area contributed by atoms with Crippen LogP contribution in [0.25, 0.3) is 0 Å². The highest BCUT2D eigenvalue weighted by atomic mass is 16.1. The first-order chi connectivity index (χ1) is 8.78. The van der Waals surface area contributed by atoms with Gasteiger partial charge in [0, 0.05) is 29.8 Å². The Morgan fingerprint density at radius 3 is 2.16 bits per heavy atom. The number of hydrogen-bond acceptors (Lipinski definition) is 3. The summed E-state index contributed by atoms with van der Waals surface area (Å²) in [5.74, 6) is 0.0801. The van der Waals surface area contributed by atoms with Crippen molar-refractivity contribution in [3.8, 4) is 0 Å². The molecule has 0 spiro atoms. The SMILES string of the molecule is CC(=O)c1ccc(NCCC(=O)NC(C)(C)C)cc1. The molecule has 0 aliphatic carbocycles. The van der Waals surface area contributed by atoms with E-state index in [1.165, 1.54) is 0 Å². The van der Waals surface area contributed by atoms with E-state index in [0.29, 0.717) is 18.5 Å². The molecule has 2 N–H and O–H groups in total. The van der Waals surface area contributed by atoms with Gasteiger partial charge in [-0.25, -0.2) is 0 Å². The number of carbonyl (C=O) groups is 2. The van der Waals surface area contributed by atoms with E-state index in [2.05, 4.69) is 10.6 Å². The van der Waals surface area contributed by atoms with E-state index < -0.39 is 0 Å². The van der Waals surface area contributed by atoms with Crippen LogP contribution in [0.5, 0.6) is 0 Å². The maximum atomic E-state index is 11.6. The summed E-state index contributed by atoms with van der Waals surface area (Å²) in [6.45, 7) is 7.98. The first kappa shape index (κ1) is 15.2. The van der Waals surface area contributed by atoms with Crippen LogP contribution < -0.4 is 10.6 Å². The first-order valence-corrected chi connectivity index (χ1v) is 6.44. The number of nitrogens with one attached hydrogen (secondary N) is 2. The number of ketones is 1. The monoisotopic (exact) mass is 262 g/mol. The molecule has 1 aromatic rings. The Morgan fingerprint density at radius 2 is 1.68 bits per heavy atom. The van der Waals surface area contributed by atoms with Gasteiger partial charge >= 0.3 is 0 Å². The van der Waals surface area contributed by atoms with Crippen molar-refractivity contribution in [1.82, 2.24) is 5.32 Å². The molecule has 1 aromatic carbocycles. The summed E-state index contributed by atoms with van der Waals surface area (Å²) in [4.78, 5) is 22.7. The predicted molar refractivity (Wildman–Crippen MR) is 77.4 cm³/mol. The maximum Gasteiger partial charge on any atom is 0.222 e. The fourth-order valence-electron chi connectivity index (χ4n) is 1.62. The second kappa shape index (κ2) is 6.36. The van der Waals surface area contributed by atoms with E-state index >= 15 is 0 Å². The lowest BCUT2D eigenvalue weighted by Gasteiger charge is -2.20. The van der Waals surface area contributed by atoms with E-state index in [1.807, 2.05) is 32.9 Å². The molecule has 0 fully saturated rings. The zero-order valence-corrected chi connectivity index (χ0v) is 12.0. The van der Waals surface area contributed by atoms with Gasteiger partial charge in [0.1, 0.15) is 0 Å². The van der Waals surface area contributed by atoms with Crippen molar-refractivity contribution >= 4 is 17.4 Å².